The Balaban J connectivity index is 1.63. The number of hydrogen-bond acceptors (Lipinski definition) is 3. The molecule has 0 aliphatic carbocycles. The summed E-state index contributed by atoms with van der Waals surface area (Å²) >= 11 is 1.72. The number of nitrogens with zero attached hydrogens (tertiary/aromatic N) is 1. The molecule has 0 amide bonds. The zero-order chi connectivity index (χ0) is 18.2. The first-order chi connectivity index (χ1) is 12.8. The van der Waals surface area contributed by atoms with Gasteiger partial charge in [0.1, 0.15) is 5.75 Å². The Morgan fingerprint density at radius 1 is 1.00 bits per heavy atom. The summed E-state index contributed by atoms with van der Waals surface area (Å²) in [5, 5.41) is 4.28. The first kappa shape index (κ1) is 18.2. The van der Waals surface area contributed by atoms with Gasteiger partial charge in [0.05, 0.1) is 12.3 Å². The van der Waals surface area contributed by atoms with Crippen LogP contribution in [0.25, 0.3) is 16.8 Å². The summed E-state index contributed by atoms with van der Waals surface area (Å²) in [5.41, 5.74) is 5.78. The van der Waals surface area contributed by atoms with Crippen molar-refractivity contribution >= 4 is 23.2 Å². The van der Waals surface area contributed by atoms with Crippen molar-refractivity contribution in [3.63, 3.8) is 0 Å². The summed E-state index contributed by atoms with van der Waals surface area (Å²) in [6.45, 7) is 4.56. The van der Waals surface area contributed by atoms with Gasteiger partial charge in [-0.3, -0.25) is 4.99 Å². The highest BCUT2D eigenvalue weighted by Gasteiger charge is 2.07. The molecule has 0 saturated heterocycles. The average molecular weight is 362 g/mol. The second-order valence-corrected chi connectivity index (χ2v) is 6.64. The number of thiophene rings is 1. The summed E-state index contributed by atoms with van der Waals surface area (Å²) < 4.78 is 6.06. The maximum Gasteiger partial charge on any atom is 0.128 e. The van der Waals surface area contributed by atoms with Crippen molar-refractivity contribution in [2.45, 2.75) is 20.3 Å². The van der Waals surface area contributed by atoms with Gasteiger partial charge < -0.3 is 4.74 Å². The number of aliphatic imine (C=N–C) groups is 1. The third kappa shape index (κ3) is 4.50. The summed E-state index contributed by atoms with van der Waals surface area (Å²) in [5.74, 6) is 0.876. The monoisotopic (exact) mass is 361 g/mol. The van der Waals surface area contributed by atoms with Gasteiger partial charge in [-0.1, -0.05) is 42.5 Å². The number of para-hydroxylation sites is 1. The van der Waals surface area contributed by atoms with Crippen molar-refractivity contribution in [3.05, 3.63) is 82.6 Å². The molecule has 0 spiro atoms. The Morgan fingerprint density at radius 2 is 1.81 bits per heavy atom. The van der Waals surface area contributed by atoms with Crippen LogP contribution in [0.3, 0.4) is 0 Å². The van der Waals surface area contributed by atoms with Crippen LogP contribution in [0.15, 0.2) is 76.4 Å². The zero-order valence-electron chi connectivity index (χ0n) is 15.2. The van der Waals surface area contributed by atoms with Gasteiger partial charge in [0, 0.05) is 18.2 Å². The second-order valence-electron chi connectivity index (χ2n) is 5.86. The lowest BCUT2D eigenvalue weighted by Crippen LogP contribution is -2.03. The van der Waals surface area contributed by atoms with Crippen LogP contribution >= 0.6 is 11.3 Å². The van der Waals surface area contributed by atoms with E-state index in [9.17, 15) is 0 Å². The number of hydrogen-bond donors (Lipinski definition) is 0. The highest BCUT2D eigenvalue weighted by molar-refractivity contribution is 7.08. The van der Waals surface area contributed by atoms with Crippen molar-refractivity contribution in [1.29, 1.82) is 0 Å². The Bertz CT molecular complexity index is 877. The molecule has 0 bridgehead atoms. The van der Waals surface area contributed by atoms with Crippen LogP contribution in [-0.2, 0) is 6.42 Å². The van der Waals surface area contributed by atoms with E-state index in [0.717, 1.165) is 23.4 Å². The van der Waals surface area contributed by atoms with Crippen LogP contribution in [-0.4, -0.2) is 12.8 Å². The van der Waals surface area contributed by atoms with Gasteiger partial charge in [0.2, 0.25) is 0 Å². The molecule has 0 unspecified atom stereocenters. The minimum Gasteiger partial charge on any atom is -0.493 e. The zero-order valence-corrected chi connectivity index (χ0v) is 16.0. The van der Waals surface area contributed by atoms with E-state index in [4.69, 9.17) is 4.74 Å². The molecule has 0 radical (unpaired) electrons. The Labute approximate surface area is 159 Å². The van der Waals surface area contributed by atoms with E-state index in [1.807, 2.05) is 44.2 Å². The summed E-state index contributed by atoms with van der Waals surface area (Å²) in [6.07, 6.45) is 4.69. The van der Waals surface area contributed by atoms with Gasteiger partial charge in [-0.2, -0.15) is 11.3 Å². The lowest BCUT2D eigenvalue weighted by Gasteiger charge is -2.12. The molecule has 2 nitrogen and oxygen atoms in total. The van der Waals surface area contributed by atoms with E-state index >= 15 is 0 Å². The van der Waals surface area contributed by atoms with E-state index in [2.05, 4.69) is 46.1 Å². The van der Waals surface area contributed by atoms with Gasteiger partial charge in [0.15, 0.2) is 0 Å². The minimum atomic E-state index is 0.641. The van der Waals surface area contributed by atoms with Crippen LogP contribution in [0.1, 0.15) is 25.0 Å². The largest absolute Gasteiger partial charge is 0.493 e. The van der Waals surface area contributed by atoms with Gasteiger partial charge in [-0.15, -0.1) is 0 Å². The van der Waals surface area contributed by atoms with E-state index < -0.39 is 0 Å². The molecule has 2 aromatic carbocycles. The topological polar surface area (TPSA) is 21.6 Å². The molecular weight excluding hydrogens is 338 g/mol. The Morgan fingerprint density at radius 3 is 2.50 bits per heavy atom. The maximum absolute atomic E-state index is 6.06. The molecule has 1 aromatic heterocycles. The van der Waals surface area contributed by atoms with E-state index in [1.54, 1.807) is 17.6 Å². The standard InChI is InChI=1S/C23H23NOS/c1-3-22(24-4-2)21-7-5-6-8-23(21)25-15-13-18-9-11-19(12-10-18)20-14-16-26-17-20/h3-12,14,16-17H,13,15H2,1-2H3. The molecule has 3 aromatic rings. The predicted molar refractivity (Wildman–Crippen MR) is 113 cm³/mol. The summed E-state index contributed by atoms with van der Waals surface area (Å²) in [6, 6.07) is 18.9. The van der Waals surface area contributed by atoms with Crippen molar-refractivity contribution in [2.75, 3.05) is 6.61 Å². The van der Waals surface area contributed by atoms with Crippen LogP contribution in [0.4, 0.5) is 0 Å². The third-order valence-electron chi connectivity index (χ3n) is 4.16. The molecule has 26 heavy (non-hydrogen) atoms. The number of allylic oxidation sites excluding steroid dienone is 1. The summed E-state index contributed by atoms with van der Waals surface area (Å²) in [7, 11) is 0. The number of benzene rings is 2. The molecule has 0 saturated carbocycles. The molecule has 132 valence electrons. The molecule has 0 fully saturated rings. The highest BCUT2D eigenvalue weighted by atomic mass is 32.1. The molecule has 0 aliphatic rings. The molecule has 3 rings (SSSR count). The fourth-order valence-corrected chi connectivity index (χ4v) is 3.48. The van der Waals surface area contributed by atoms with E-state index in [-0.39, 0.29) is 0 Å². The SMILES string of the molecule is CC=NC(=CC)c1ccccc1OCCc1ccc(-c2ccsc2)cc1. The van der Waals surface area contributed by atoms with Gasteiger partial charge >= 0.3 is 0 Å². The quantitative estimate of drug-likeness (QED) is 0.441. The molecular formula is C23H23NOS. The van der Waals surface area contributed by atoms with E-state index in [0.29, 0.717) is 6.61 Å². The van der Waals surface area contributed by atoms with Gasteiger partial charge in [0.25, 0.3) is 0 Å². The van der Waals surface area contributed by atoms with E-state index in [1.165, 1.54) is 16.7 Å². The number of ether oxygens (including phenoxy) is 1. The Hall–Kier alpha value is -2.65. The fourth-order valence-electron chi connectivity index (χ4n) is 2.81. The molecule has 3 heteroatoms. The fraction of sp³-hybridized carbons (Fsp3) is 0.174. The number of rotatable bonds is 7. The molecule has 0 aliphatic heterocycles. The molecule has 1 heterocycles. The third-order valence-corrected chi connectivity index (χ3v) is 4.84. The van der Waals surface area contributed by atoms with Crippen molar-refractivity contribution in [2.24, 2.45) is 4.99 Å². The summed E-state index contributed by atoms with van der Waals surface area (Å²) in [4.78, 5) is 4.43. The molecule has 0 atom stereocenters. The van der Waals surface area contributed by atoms with Crippen molar-refractivity contribution in [3.8, 4) is 16.9 Å². The smallest absolute Gasteiger partial charge is 0.128 e. The van der Waals surface area contributed by atoms with Crippen molar-refractivity contribution < 1.29 is 4.74 Å². The lowest BCUT2D eigenvalue weighted by atomic mass is 10.1. The van der Waals surface area contributed by atoms with Crippen LogP contribution in [0, 0.1) is 0 Å². The van der Waals surface area contributed by atoms with Gasteiger partial charge in [-0.25, -0.2) is 0 Å². The molecule has 0 N–H and O–H groups in total. The maximum atomic E-state index is 6.06. The average Bonchev–Trinajstić information content (AvgIpc) is 3.22. The van der Waals surface area contributed by atoms with Gasteiger partial charge in [-0.05, 0) is 59.5 Å². The first-order valence-corrected chi connectivity index (χ1v) is 9.75. The predicted octanol–water partition coefficient (Wildman–Crippen LogP) is 6.49. The van der Waals surface area contributed by atoms with Crippen LogP contribution in [0.5, 0.6) is 5.75 Å². The second kappa shape index (κ2) is 9.16. The van der Waals surface area contributed by atoms with Crippen LogP contribution in [0.2, 0.25) is 0 Å². The highest BCUT2D eigenvalue weighted by Crippen LogP contribution is 2.27. The first-order valence-electron chi connectivity index (χ1n) is 8.80. The Kier molecular flexibility index (Phi) is 6.39. The van der Waals surface area contributed by atoms with Crippen molar-refractivity contribution in [1.82, 2.24) is 0 Å². The normalized spacial score (nSPS) is 11.8. The van der Waals surface area contributed by atoms with Crippen LogP contribution < -0.4 is 4.74 Å². The lowest BCUT2D eigenvalue weighted by molar-refractivity contribution is 0.321. The minimum absolute atomic E-state index is 0.641.